The highest BCUT2D eigenvalue weighted by atomic mass is 16.5. The highest BCUT2D eigenvalue weighted by Gasteiger charge is 2.51. The lowest BCUT2D eigenvalue weighted by Gasteiger charge is -2.29. The molecule has 0 amide bonds. The van der Waals surface area contributed by atoms with E-state index in [-0.39, 0.29) is 46.0 Å². The average molecular weight is 699 g/mol. The predicted molar refractivity (Wildman–Crippen MR) is 189 cm³/mol. The molecule has 2 aliphatic heterocycles. The van der Waals surface area contributed by atoms with Gasteiger partial charge in [0.2, 0.25) is 0 Å². The summed E-state index contributed by atoms with van der Waals surface area (Å²) in [6.45, 7) is 0. The standard InChI is InChI=1S/C42H34O10/c43-26-7-1-21(2-8-26)40-36(24-13-29(46)17-30(47)14-24)38-34(19-33(50)20-35(38)51-40)39-37(25-15-31(48)18-32(49)16-25)41(22-3-9-27(44)10-4-22)52-42(39)23-5-11-28(45)12-6-23/h1-20,36-37,39-50H/t36-,37-,39-,40+,41+,42-/m0/s1. The molecule has 0 aliphatic carbocycles. The maximum absolute atomic E-state index is 11.4. The Morgan fingerprint density at radius 2 is 0.750 bits per heavy atom. The van der Waals surface area contributed by atoms with E-state index in [0.29, 0.717) is 44.7 Å². The first-order valence-electron chi connectivity index (χ1n) is 16.6. The van der Waals surface area contributed by atoms with E-state index in [2.05, 4.69) is 0 Å². The summed E-state index contributed by atoms with van der Waals surface area (Å²) in [4.78, 5) is 0. The largest absolute Gasteiger partial charge is 0.508 e. The van der Waals surface area contributed by atoms with Crippen LogP contribution < -0.4 is 4.74 Å². The van der Waals surface area contributed by atoms with E-state index < -0.39 is 36.1 Å². The van der Waals surface area contributed by atoms with Gasteiger partial charge in [-0.25, -0.2) is 0 Å². The topological polar surface area (TPSA) is 180 Å². The predicted octanol–water partition coefficient (Wildman–Crippen LogP) is 7.98. The summed E-state index contributed by atoms with van der Waals surface area (Å²) in [6, 6.07) is 31.5. The first-order valence-corrected chi connectivity index (χ1v) is 16.6. The Kier molecular flexibility index (Phi) is 7.96. The van der Waals surface area contributed by atoms with Gasteiger partial charge in [-0.1, -0.05) is 36.4 Å². The van der Waals surface area contributed by atoms with Crippen LogP contribution in [0.25, 0.3) is 0 Å². The molecule has 6 atom stereocenters. The van der Waals surface area contributed by atoms with Crippen LogP contribution in [0.2, 0.25) is 0 Å². The number of fused-ring (bicyclic) bond motifs is 1. The van der Waals surface area contributed by atoms with Gasteiger partial charge in [0.1, 0.15) is 57.8 Å². The van der Waals surface area contributed by atoms with Gasteiger partial charge in [0, 0.05) is 35.6 Å². The van der Waals surface area contributed by atoms with E-state index in [1.807, 2.05) is 0 Å². The van der Waals surface area contributed by atoms with Crippen molar-refractivity contribution < 1.29 is 50.3 Å². The van der Waals surface area contributed by atoms with E-state index in [1.165, 1.54) is 30.3 Å². The highest BCUT2D eigenvalue weighted by molar-refractivity contribution is 5.60. The molecule has 0 unspecified atom stereocenters. The van der Waals surface area contributed by atoms with Crippen molar-refractivity contribution >= 4 is 0 Å². The van der Waals surface area contributed by atoms with Crippen molar-refractivity contribution in [3.05, 3.63) is 160 Å². The molecule has 10 nitrogen and oxygen atoms in total. The van der Waals surface area contributed by atoms with Crippen LogP contribution in [0.3, 0.4) is 0 Å². The molecule has 2 heterocycles. The lowest BCUT2D eigenvalue weighted by atomic mass is 9.71. The van der Waals surface area contributed by atoms with Gasteiger partial charge >= 0.3 is 0 Å². The zero-order valence-electron chi connectivity index (χ0n) is 27.4. The van der Waals surface area contributed by atoms with Gasteiger partial charge < -0.3 is 50.3 Å². The normalized spacial score (nSPS) is 22.2. The average Bonchev–Trinajstić information content (AvgIpc) is 3.68. The van der Waals surface area contributed by atoms with Crippen LogP contribution in [0.4, 0.5) is 0 Å². The molecule has 0 radical (unpaired) electrons. The molecule has 6 aromatic rings. The molecule has 0 spiro atoms. The molecule has 262 valence electrons. The Hall–Kier alpha value is -6.52. The first kappa shape index (κ1) is 32.7. The molecule has 2 aliphatic rings. The lowest BCUT2D eigenvalue weighted by Crippen LogP contribution is -2.17. The Morgan fingerprint density at radius 1 is 0.346 bits per heavy atom. The maximum Gasteiger partial charge on any atom is 0.135 e. The van der Waals surface area contributed by atoms with Crippen molar-refractivity contribution in [2.45, 2.75) is 36.1 Å². The summed E-state index contributed by atoms with van der Waals surface area (Å²) in [5.41, 5.74) is 4.34. The summed E-state index contributed by atoms with van der Waals surface area (Å²) in [6.07, 6.45) is -2.20. The number of aromatic hydroxyl groups is 8. The molecule has 0 aromatic heterocycles. The van der Waals surface area contributed by atoms with Crippen molar-refractivity contribution in [3.63, 3.8) is 0 Å². The van der Waals surface area contributed by atoms with Crippen LogP contribution in [-0.2, 0) is 4.74 Å². The Balaban J connectivity index is 1.41. The van der Waals surface area contributed by atoms with Crippen LogP contribution in [-0.4, -0.2) is 40.9 Å². The van der Waals surface area contributed by atoms with Crippen molar-refractivity contribution in [1.82, 2.24) is 0 Å². The monoisotopic (exact) mass is 698 g/mol. The van der Waals surface area contributed by atoms with Gasteiger partial charge in [-0.05, 0) is 100 Å². The number of benzene rings is 6. The van der Waals surface area contributed by atoms with Gasteiger partial charge in [-0.15, -0.1) is 0 Å². The fourth-order valence-corrected chi connectivity index (χ4v) is 7.91. The minimum absolute atomic E-state index is 0.0509. The summed E-state index contributed by atoms with van der Waals surface area (Å²) < 4.78 is 13.6. The van der Waals surface area contributed by atoms with Gasteiger partial charge in [0.05, 0.1) is 18.1 Å². The number of phenols is 8. The SMILES string of the molecule is Oc1ccc([C@H]2Oc3cc(O)cc([C@H]4[C@H](c5cc(O)cc(O)c5)[C@@H](c5ccc(O)cc5)O[C@H]4c4ccc(O)cc4)c3[C@@H]2c2cc(O)cc(O)c2)cc1. The number of phenolic OH excluding ortho intramolecular Hbond substituents is 8. The Morgan fingerprint density at radius 3 is 1.23 bits per heavy atom. The number of hydrogen-bond acceptors (Lipinski definition) is 10. The van der Waals surface area contributed by atoms with Crippen LogP contribution in [0.15, 0.2) is 121 Å². The van der Waals surface area contributed by atoms with Gasteiger partial charge in [0.25, 0.3) is 0 Å². The molecule has 6 aromatic carbocycles. The summed E-state index contributed by atoms with van der Waals surface area (Å²) >= 11 is 0. The Labute approximate surface area is 297 Å². The van der Waals surface area contributed by atoms with Crippen LogP contribution >= 0.6 is 0 Å². The van der Waals surface area contributed by atoms with Gasteiger partial charge in [0.15, 0.2) is 0 Å². The minimum atomic E-state index is -0.745. The van der Waals surface area contributed by atoms with E-state index in [4.69, 9.17) is 9.47 Å². The van der Waals surface area contributed by atoms with Gasteiger partial charge in [-0.3, -0.25) is 0 Å². The highest BCUT2D eigenvalue weighted by Crippen LogP contribution is 2.63. The Bertz CT molecular complexity index is 2230. The third-order valence-electron chi connectivity index (χ3n) is 9.98. The van der Waals surface area contributed by atoms with Crippen LogP contribution in [0.5, 0.6) is 51.7 Å². The molecule has 1 saturated heterocycles. The van der Waals surface area contributed by atoms with Gasteiger partial charge in [-0.2, -0.15) is 0 Å². The molecule has 8 N–H and O–H groups in total. The molecular formula is C42H34O10. The lowest BCUT2D eigenvalue weighted by molar-refractivity contribution is 0.0366. The van der Waals surface area contributed by atoms with E-state index >= 15 is 0 Å². The van der Waals surface area contributed by atoms with Crippen molar-refractivity contribution in [1.29, 1.82) is 0 Å². The molecule has 0 bridgehead atoms. The molecule has 8 rings (SSSR count). The summed E-state index contributed by atoms with van der Waals surface area (Å²) in [7, 11) is 0. The second-order valence-electron chi connectivity index (χ2n) is 13.3. The van der Waals surface area contributed by atoms with Crippen LogP contribution in [0.1, 0.15) is 75.0 Å². The minimum Gasteiger partial charge on any atom is -0.508 e. The number of hydrogen-bond donors (Lipinski definition) is 8. The zero-order chi connectivity index (χ0) is 36.3. The molecule has 1 fully saturated rings. The molecule has 10 heteroatoms. The third kappa shape index (κ3) is 5.88. The molecule has 52 heavy (non-hydrogen) atoms. The molecular weight excluding hydrogens is 664 g/mol. The van der Waals surface area contributed by atoms with E-state index in [0.717, 1.165) is 0 Å². The summed E-state index contributed by atoms with van der Waals surface area (Å²) in [5.74, 6) is -2.24. The number of rotatable bonds is 6. The second kappa shape index (κ2) is 12.7. The zero-order valence-corrected chi connectivity index (χ0v) is 27.4. The van der Waals surface area contributed by atoms with E-state index in [1.54, 1.807) is 91.0 Å². The first-order chi connectivity index (χ1) is 25.0. The smallest absolute Gasteiger partial charge is 0.135 e. The fourth-order valence-electron chi connectivity index (χ4n) is 7.91. The molecule has 0 saturated carbocycles. The van der Waals surface area contributed by atoms with Crippen molar-refractivity contribution in [2.75, 3.05) is 0 Å². The number of ether oxygens (including phenoxy) is 2. The van der Waals surface area contributed by atoms with Crippen LogP contribution in [0, 0.1) is 0 Å². The quantitative estimate of drug-likeness (QED) is 0.0850. The second-order valence-corrected chi connectivity index (χ2v) is 13.3. The summed E-state index contributed by atoms with van der Waals surface area (Å²) in [5, 5.41) is 84.7. The maximum atomic E-state index is 11.4. The van der Waals surface area contributed by atoms with Crippen molar-refractivity contribution in [2.24, 2.45) is 0 Å². The van der Waals surface area contributed by atoms with E-state index in [9.17, 15) is 40.9 Å². The fraction of sp³-hybridized carbons (Fsp3) is 0.143. The third-order valence-corrected chi connectivity index (χ3v) is 9.98. The van der Waals surface area contributed by atoms with Crippen molar-refractivity contribution in [3.8, 4) is 51.7 Å².